The number of amides is 1. The Kier molecular flexibility index (Phi) is 9.46. The molecule has 13 heteroatoms. The lowest BCUT2D eigenvalue weighted by molar-refractivity contribution is 0.0389. The first-order chi connectivity index (χ1) is 19.9. The van der Waals surface area contributed by atoms with Crippen LogP contribution in [0.5, 0.6) is 11.5 Å². The van der Waals surface area contributed by atoms with Crippen molar-refractivity contribution in [2.75, 3.05) is 38.6 Å². The van der Waals surface area contributed by atoms with E-state index in [-0.39, 0.29) is 46.5 Å². The predicted octanol–water partition coefficient (Wildman–Crippen LogP) is 3.04. The first kappa shape index (κ1) is 31.3. The van der Waals surface area contributed by atoms with Crippen molar-refractivity contribution < 1.29 is 36.2 Å². The van der Waals surface area contributed by atoms with Crippen LogP contribution in [0.4, 0.5) is 5.69 Å². The molecule has 0 aliphatic carbocycles. The Labute approximate surface area is 246 Å². The number of carbonyl (C=O) groups is 1. The van der Waals surface area contributed by atoms with Crippen molar-refractivity contribution in [1.82, 2.24) is 9.21 Å². The highest BCUT2D eigenvalue weighted by molar-refractivity contribution is 7.92. The van der Waals surface area contributed by atoms with Gasteiger partial charge in [0.2, 0.25) is 10.0 Å². The largest absolute Gasteiger partial charge is 0.497 e. The number of fused-ring (bicyclic) bond motifs is 1. The number of rotatable bonds is 10. The van der Waals surface area contributed by atoms with Gasteiger partial charge in [-0.25, -0.2) is 16.8 Å². The third kappa shape index (κ3) is 6.54. The smallest absolute Gasteiger partial charge is 0.262 e. The number of aliphatic hydroxyl groups is 1. The molecular weight excluding hydrogens is 582 g/mol. The lowest BCUT2D eigenvalue weighted by atomic mass is 9.99. The van der Waals surface area contributed by atoms with Crippen molar-refractivity contribution in [3.8, 4) is 11.5 Å². The molecular formula is C29H35N3O8S2. The van der Waals surface area contributed by atoms with Crippen LogP contribution < -0.4 is 14.2 Å². The molecule has 3 aromatic rings. The SMILES string of the molecule is COc1ccc(S(=O)(=O)N(C)C[C@H]2Oc3c(NS(=O)(=O)c4ccccc4)cccc3C(=O)N([C@H](C)CO)C[C@@H]2C)cc1. The summed E-state index contributed by atoms with van der Waals surface area (Å²) in [6.07, 6.45) is -0.800. The van der Waals surface area contributed by atoms with Gasteiger partial charge in [0, 0.05) is 19.5 Å². The molecule has 0 spiro atoms. The molecule has 1 aliphatic heterocycles. The Morgan fingerprint density at radius 2 is 1.69 bits per heavy atom. The van der Waals surface area contributed by atoms with Crippen LogP contribution in [0.1, 0.15) is 24.2 Å². The fourth-order valence-corrected chi connectivity index (χ4v) is 6.89. The summed E-state index contributed by atoms with van der Waals surface area (Å²) in [7, 11) is -5.07. The zero-order chi connectivity index (χ0) is 30.7. The van der Waals surface area contributed by atoms with Gasteiger partial charge in [0.1, 0.15) is 11.9 Å². The summed E-state index contributed by atoms with van der Waals surface area (Å²) in [6.45, 7) is 3.27. The maximum Gasteiger partial charge on any atom is 0.262 e. The highest BCUT2D eigenvalue weighted by Gasteiger charge is 2.36. The molecule has 1 heterocycles. The molecule has 11 nitrogen and oxygen atoms in total. The first-order valence-electron chi connectivity index (χ1n) is 13.3. The van der Waals surface area contributed by atoms with E-state index < -0.39 is 44.0 Å². The van der Waals surface area contributed by atoms with Gasteiger partial charge in [-0.15, -0.1) is 0 Å². The number of carbonyl (C=O) groups excluding carboxylic acids is 1. The topological polar surface area (TPSA) is 143 Å². The van der Waals surface area contributed by atoms with Gasteiger partial charge in [0.05, 0.1) is 47.3 Å². The molecule has 1 amide bonds. The predicted molar refractivity (Wildman–Crippen MR) is 158 cm³/mol. The second-order valence-corrected chi connectivity index (χ2v) is 13.9. The van der Waals surface area contributed by atoms with Crippen molar-refractivity contribution in [3.63, 3.8) is 0 Å². The normalized spacial score (nSPS) is 18.4. The number of nitrogens with zero attached hydrogens (tertiary/aromatic N) is 2. The number of benzene rings is 3. The maximum absolute atomic E-state index is 13.7. The number of likely N-dealkylation sites (N-methyl/N-ethyl adjacent to an activating group) is 1. The van der Waals surface area contributed by atoms with E-state index in [0.717, 1.165) is 4.31 Å². The summed E-state index contributed by atoms with van der Waals surface area (Å²) in [4.78, 5) is 15.3. The average Bonchev–Trinajstić information content (AvgIpc) is 2.99. The van der Waals surface area contributed by atoms with E-state index in [2.05, 4.69) is 4.72 Å². The Bertz CT molecular complexity index is 1610. The zero-order valence-electron chi connectivity index (χ0n) is 23.8. The number of hydrogen-bond acceptors (Lipinski definition) is 8. The summed E-state index contributed by atoms with van der Waals surface area (Å²) < 4.78 is 68.5. The molecule has 1 aliphatic rings. The van der Waals surface area contributed by atoms with Crippen molar-refractivity contribution in [1.29, 1.82) is 0 Å². The minimum atomic E-state index is -4.05. The monoisotopic (exact) mass is 617 g/mol. The summed E-state index contributed by atoms with van der Waals surface area (Å²) in [6, 6.07) is 17.7. The second-order valence-electron chi connectivity index (χ2n) is 10.2. The molecule has 0 unspecified atom stereocenters. The highest BCUT2D eigenvalue weighted by Crippen LogP contribution is 2.36. The van der Waals surface area contributed by atoms with Gasteiger partial charge in [-0.05, 0) is 55.5 Å². The molecule has 0 saturated carbocycles. The molecule has 0 bridgehead atoms. The molecule has 2 N–H and O–H groups in total. The van der Waals surface area contributed by atoms with Crippen LogP contribution in [0.3, 0.4) is 0 Å². The third-order valence-electron chi connectivity index (χ3n) is 7.19. The maximum atomic E-state index is 13.7. The molecule has 0 fully saturated rings. The van der Waals surface area contributed by atoms with Crippen molar-refractivity contribution >= 4 is 31.6 Å². The number of anilines is 1. The number of sulfonamides is 2. The van der Waals surface area contributed by atoms with Gasteiger partial charge >= 0.3 is 0 Å². The van der Waals surface area contributed by atoms with Crippen LogP contribution in [0.15, 0.2) is 82.6 Å². The number of hydrogen-bond donors (Lipinski definition) is 2. The van der Waals surface area contributed by atoms with Gasteiger partial charge in [0.25, 0.3) is 15.9 Å². The number of methoxy groups -OCH3 is 1. The third-order valence-corrected chi connectivity index (χ3v) is 10.4. The molecule has 4 rings (SSSR count). The van der Waals surface area contributed by atoms with Crippen LogP contribution >= 0.6 is 0 Å². The van der Waals surface area contributed by atoms with Crippen LogP contribution in [0, 0.1) is 5.92 Å². The van der Waals surface area contributed by atoms with E-state index >= 15 is 0 Å². The molecule has 0 saturated heterocycles. The summed E-state index contributed by atoms with van der Waals surface area (Å²) in [5.74, 6) is -0.373. The van der Waals surface area contributed by atoms with Gasteiger partial charge in [-0.3, -0.25) is 9.52 Å². The lowest BCUT2D eigenvalue weighted by Crippen LogP contribution is -2.50. The molecule has 42 heavy (non-hydrogen) atoms. The number of ether oxygens (including phenoxy) is 2. The number of aliphatic hydroxyl groups excluding tert-OH is 1. The molecule has 0 aromatic heterocycles. The summed E-state index contributed by atoms with van der Waals surface area (Å²) in [5.41, 5.74) is 0.113. The van der Waals surface area contributed by atoms with Gasteiger partial charge < -0.3 is 19.5 Å². The molecule has 3 aromatic carbocycles. The van der Waals surface area contributed by atoms with Gasteiger partial charge in [-0.1, -0.05) is 31.2 Å². The van der Waals surface area contributed by atoms with E-state index in [1.807, 2.05) is 6.92 Å². The Balaban J connectivity index is 1.74. The van der Waals surface area contributed by atoms with Crippen molar-refractivity contribution in [2.24, 2.45) is 5.92 Å². The molecule has 0 radical (unpaired) electrons. The highest BCUT2D eigenvalue weighted by atomic mass is 32.2. The minimum Gasteiger partial charge on any atom is -0.497 e. The first-order valence-corrected chi connectivity index (χ1v) is 16.2. The van der Waals surface area contributed by atoms with Crippen molar-refractivity contribution in [2.45, 2.75) is 35.8 Å². The lowest BCUT2D eigenvalue weighted by Gasteiger charge is -2.38. The minimum absolute atomic E-state index is 0.0190. The fourth-order valence-electron chi connectivity index (χ4n) is 4.62. The summed E-state index contributed by atoms with van der Waals surface area (Å²) >= 11 is 0. The standard InChI is InChI=1S/C29H35N3O8S2/c1-20-17-32(21(2)19-33)29(34)25-11-8-12-26(30-41(35,36)23-9-6-5-7-10-23)28(25)40-27(20)18-31(3)42(37,38)24-15-13-22(39-4)14-16-24/h5-16,20-21,27,30,33H,17-19H2,1-4H3/t20-,21+,27+/m0/s1. The Morgan fingerprint density at radius 1 is 1.02 bits per heavy atom. The van der Waals surface area contributed by atoms with Crippen LogP contribution in [-0.2, 0) is 20.0 Å². The van der Waals surface area contributed by atoms with E-state index in [1.54, 1.807) is 37.3 Å². The van der Waals surface area contributed by atoms with E-state index in [1.165, 1.54) is 61.5 Å². The van der Waals surface area contributed by atoms with Gasteiger partial charge in [-0.2, -0.15) is 4.31 Å². The average molecular weight is 618 g/mol. The zero-order valence-corrected chi connectivity index (χ0v) is 25.4. The number of para-hydroxylation sites is 1. The van der Waals surface area contributed by atoms with Crippen LogP contribution in [-0.4, -0.2) is 83.1 Å². The molecule has 3 atom stereocenters. The fraction of sp³-hybridized carbons (Fsp3) is 0.345. The summed E-state index contributed by atoms with van der Waals surface area (Å²) in [5, 5.41) is 9.90. The Morgan fingerprint density at radius 3 is 2.31 bits per heavy atom. The van der Waals surface area contributed by atoms with E-state index in [0.29, 0.717) is 5.75 Å². The van der Waals surface area contributed by atoms with Crippen LogP contribution in [0.2, 0.25) is 0 Å². The van der Waals surface area contributed by atoms with Crippen LogP contribution in [0.25, 0.3) is 0 Å². The Hall–Kier alpha value is -3.65. The van der Waals surface area contributed by atoms with Gasteiger partial charge in [0.15, 0.2) is 5.75 Å². The number of nitrogens with one attached hydrogen (secondary N) is 1. The van der Waals surface area contributed by atoms with Crippen molar-refractivity contribution in [3.05, 3.63) is 78.4 Å². The second kappa shape index (κ2) is 12.7. The van der Waals surface area contributed by atoms with E-state index in [4.69, 9.17) is 9.47 Å². The van der Waals surface area contributed by atoms with E-state index in [9.17, 15) is 26.7 Å². The quantitative estimate of drug-likeness (QED) is 0.354. The molecule has 226 valence electrons.